The molecule has 0 fully saturated rings. The fraction of sp³-hybridized carbons (Fsp3) is 0.312. The number of carboxylic acids is 2. The zero-order valence-electron chi connectivity index (χ0n) is 14.1. The van der Waals surface area contributed by atoms with Crippen LogP contribution in [0.1, 0.15) is 29.5 Å². The van der Waals surface area contributed by atoms with E-state index in [2.05, 4.69) is 4.98 Å². The Labute approximate surface area is 166 Å². The number of hydrogen-bond acceptors (Lipinski definition) is 6. The van der Waals surface area contributed by atoms with E-state index in [0.717, 1.165) is 12.1 Å². The minimum Gasteiger partial charge on any atom is -0.482 e. The number of halogens is 4. The third kappa shape index (κ3) is 7.71. The van der Waals surface area contributed by atoms with Crippen LogP contribution in [0.2, 0.25) is 5.02 Å². The molecule has 1 aromatic heterocycles. The third-order valence-electron chi connectivity index (χ3n) is 3.11. The molecular weight excluding hydrogens is 425 g/mol. The van der Waals surface area contributed by atoms with Crippen LogP contribution in [-0.2, 0) is 15.8 Å². The molecule has 1 unspecified atom stereocenters. The summed E-state index contributed by atoms with van der Waals surface area (Å²) in [6.07, 6.45) is -2.08. The summed E-state index contributed by atoms with van der Waals surface area (Å²) in [5.41, 5.74) is 4.69. The lowest BCUT2D eigenvalue weighted by Gasteiger charge is -2.19. The van der Waals surface area contributed by atoms with Gasteiger partial charge in [0.2, 0.25) is 0 Å². The number of thiazole rings is 1. The number of benzene rings is 1. The molecule has 0 saturated heterocycles. The minimum atomic E-state index is -4.45. The number of carboxylic acid groups (broad SMARTS) is 2. The first-order valence-corrected chi connectivity index (χ1v) is 8.91. The van der Waals surface area contributed by atoms with Crippen molar-refractivity contribution < 1.29 is 37.7 Å². The van der Waals surface area contributed by atoms with Gasteiger partial charge in [-0.05, 0) is 37.6 Å². The highest BCUT2D eigenvalue weighted by Gasteiger charge is 2.31. The van der Waals surface area contributed by atoms with Crippen molar-refractivity contribution in [2.75, 3.05) is 6.54 Å². The first kappa shape index (κ1) is 23.7. The molecule has 0 amide bonds. The van der Waals surface area contributed by atoms with Gasteiger partial charge >= 0.3 is 18.1 Å². The summed E-state index contributed by atoms with van der Waals surface area (Å²) < 4.78 is 44.1. The molecule has 12 heteroatoms. The number of rotatable bonds is 6. The van der Waals surface area contributed by atoms with Crippen molar-refractivity contribution in [3.05, 3.63) is 45.4 Å². The molecule has 0 bridgehead atoms. The Kier molecular flexibility index (Phi) is 9.16. The zero-order valence-corrected chi connectivity index (χ0v) is 15.7. The van der Waals surface area contributed by atoms with Gasteiger partial charge in [0, 0.05) is 11.6 Å². The average Bonchev–Trinajstić information content (AvgIpc) is 3.14. The van der Waals surface area contributed by atoms with Crippen LogP contribution in [0.4, 0.5) is 13.2 Å². The van der Waals surface area contributed by atoms with Gasteiger partial charge < -0.3 is 20.7 Å². The molecule has 7 nitrogen and oxygen atoms in total. The highest BCUT2D eigenvalue weighted by Crippen LogP contribution is 2.37. The lowest BCUT2D eigenvalue weighted by molar-refractivity contribution is -0.159. The number of carbonyl (C=O) groups is 2. The second kappa shape index (κ2) is 10.8. The molecule has 0 spiro atoms. The smallest absolute Gasteiger partial charge is 0.416 e. The van der Waals surface area contributed by atoms with E-state index in [1.165, 1.54) is 17.4 Å². The fourth-order valence-corrected chi connectivity index (χ4v) is 2.72. The predicted molar refractivity (Wildman–Crippen MR) is 95.5 cm³/mol. The molecule has 4 N–H and O–H groups in total. The lowest BCUT2D eigenvalue weighted by Crippen LogP contribution is -2.11. The van der Waals surface area contributed by atoms with Crippen LogP contribution < -0.4 is 10.5 Å². The molecule has 0 radical (unpaired) electrons. The van der Waals surface area contributed by atoms with Gasteiger partial charge in [-0.1, -0.05) is 11.6 Å². The first-order valence-electron chi connectivity index (χ1n) is 7.65. The summed E-state index contributed by atoms with van der Waals surface area (Å²) in [5, 5.41) is 17.4. The Morgan fingerprint density at radius 2 is 1.93 bits per heavy atom. The maximum absolute atomic E-state index is 12.8. The summed E-state index contributed by atoms with van der Waals surface area (Å²) in [5.74, 6) is -3.65. The van der Waals surface area contributed by atoms with Crippen molar-refractivity contribution in [2.45, 2.75) is 25.1 Å². The molecule has 154 valence electrons. The summed E-state index contributed by atoms with van der Waals surface area (Å²) >= 11 is 7.33. The minimum absolute atomic E-state index is 0.00582. The van der Waals surface area contributed by atoms with Crippen LogP contribution in [0.5, 0.6) is 5.75 Å². The standard InChI is InChI=1S/C14H14ClF3N2OS.C2H2O4/c15-10-4-3-9(14(16,17)18)8-12(10)21-11(2-1-5-19)13-20-6-7-22-13;3-1(4)2(5)6/h3-4,6-8,11H,1-2,5,19H2;(H,3,4)(H,5,6). The number of hydrogen-bond donors (Lipinski definition) is 3. The van der Waals surface area contributed by atoms with Crippen LogP contribution in [0.25, 0.3) is 0 Å². The van der Waals surface area contributed by atoms with Crippen molar-refractivity contribution in [3.8, 4) is 5.75 Å². The summed E-state index contributed by atoms with van der Waals surface area (Å²) in [4.78, 5) is 22.4. The molecule has 0 aliphatic carbocycles. The summed E-state index contributed by atoms with van der Waals surface area (Å²) in [7, 11) is 0. The number of alkyl halides is 3. The van der Waals surface area contributed by atoms with E-state index in [0.29, 0.717) is 24.4 Å². The maximum Gasteiger partial charge on any atom is 0.416 e. The second-order valence-electron chi connectivity index (χ2n) is 5.16. The van der Waals surface area contributed by atoms with Crippen molar-refractivity contribution >= 4 is 34.9 Å². The molecule has 0 aliphatic heterocycles. The number of aromatic nitrogens is 1. The Balaban J connectivity index is 0.000000568. The Morgan fingerprint density at radius 1 is 1.29 bits per heavy atom. The molecule has 1 aromatic carbocycles. The zero-order chi connectivity index (χ0) is 21.3. The van der Waals surface area contributed by atoms with Gasteiger partial charge in [0.05, 0.1) is 10.6 Å². The van der Waals surface area contributed by atoms with Crippen LogP contribution in [0.3, 0.4) is 0 Å². The number of nitrogens with two attached hydrogens (primary N) is 1. The first-order chi connectivity index (χ1) is 13.1. The van der Waals surface area contributed by atoms with Crippen molar-refractivity contribution in [1.29, 1.82) is 0 Å². The summed E-state index contributed by atoms with van der Waals surface area (Å²) in [6, 6.07) is 3.01. The van der Waals surface area contributed by atoms with Gasteiger partial charge in [0.25, 0.3) is 0 Å². The van der Waals surface area contributed by atoms with E-state index >= 15 is 0 Å². The highest BCUT2D eigenvalue weighted by molar-refractivity contribution is 7.09. The third-order valence-corrected chi connectivity index (χ3v) is 4.29. The van der Waals surface area contributed by atoms with Gasteiger partial charge in [0.15, 0.2) is 6.10 Å². The van der Waals surface area contributed by atoms with E-state index < -0.39 is 29.8 Å². The van der Waals surface area contributed by atoms with Crippen molar-refractivity contribution in [2.24, 2.45) is 5.73 Å². The van der Waals surface area contributed by atoms with Crippen molar-refractivity contribution in [3.63, 3.8) is 0 Å². The van der Waals surface area contributed by atoms with Crippen LogP contribution in [0.15, 0.2) is 29.8 Å². The van der Waals surface area contributed by atoms with Crippen LogP contribution in [0, 0.1) is 0 Å². The number of nitrogens with zero attached hydrogens (tertiary/aromatic N) is 1. The quantitative estimate of drug-likeness (QED) is 0.583. The van der Waals surface area contributed by atoms with Crippen molar-refractivity contribution in [1.82, 2.24) is 4.98 Å². The lowest BCUT2D eigenvalue weighted by atomic mass is 10.2. The molecule has 0 saturated carbocycles. The SMILES string of the molecule is NCCCC(Oc1cc(C(F)(F)F)ccc1Cl)c1nccs1.O=C(O)C(=O)O. The van der Waals surface area contributed by atoms with Gasteiger partial charge in [-0.3, -0.25) is 0 Å². The maximum atomic E-state index is 12.8. The van der Waals surface area contributed by atoms with Gasteiger partial charge in [-0.25, -0.2) is 14.6 Å². The topological polar surface area (TPSA) is 123 Å². The molecule has 28 heavy (non-hydrogen) atoms. The Hall–Kier alpha value is -2.37. The van der Waals surface area contributed by atoms with E-state index in [9.17, 15) is 13.2 Å². The average molecular weight is 441 g/mol. The largest absolute Gasteiger partial charge is 0.482 e. The normalized spacial score (nSPS) is 11.9. The Bertz CT molecular complexity index is 775. The van der Waals surface area contributed by atoms with E-state index in [1.54, 1.807) is 11.6 Å². The van der Waals surface area contributed by atoms with Crippen LogP contribution in [-0.4, -0.2) is 33.7 Å². The highest BCUT2D eigenvalue weighted by atomic mass is 35.5. The van der Waals surface area contributed by atoms with E-state index in [-0.39, 0.29) is 10.8 Å². The van der Waals surface area contributed by atoms with Gasteiger partial charge in [-0.2, -0.15) is 13.2 Å². The fourth-order valence-electron chi connectivity index (χ4n) is 1.85. The van der Waals surface area contributed by atoms with E-state index in [4.69, 9.17) is 41.9 Å². The van der Waals surface area contributed by atoms with Gasteiger partial charge in [0.1, 0.15) is 10.8 Å². The predicted octanol–water partition coefficient (Wildman–Crippen LogP) is 3.83. The molecule has 1 heterocycles. The van der Waals surface area contributed by atoms with Gasteiger partial charge in [-0.15, -0.1) is 11.3 Å². The Morgan fingerprint density at radius 3 is 2.39 bits per heavy atom. The van der Waals surface area contributed by atoms with E-state index in [1.807, 2.05) is 0 Å². The summed E-state index contributed by atoms with van der Waals surface area (Å²) in [6.45, 7) is 0.460. The molecule has 2 aromatic rings. The number of aliphatic carboxylic acids is 2. The molecular formula is C16H16ClF3N2O5S. The molecule has 2 rings (SSSR count). The molecule has 1 atom stereocenters. The monoisotopic (exact) mass is 440 g/mol. The molecule has 0 aliphatic rings. The van der Waals surface area contributed by atoms with Crippen LogP contribution >= 0.6 is 22.9 Å². The second-order valence-corrected chi connectivity index (χ2v) is 6.49. The number of ether oxygens (including phenoxy) is 1.